The molecular weight excluding hydrogens is 578 g/mol. The maximum atomic E-state index is 12.3. The van der Waals surface area contributed by atoms with E-state index in [9.17, 15) is 15.0 Å². The molecule has 0 rings (SSSR count). The van der Waals surface area contributed by atoms with Gasteiger partial charge < -0.3 is 15.5 Å². The zero-order valence-electron chi connectivity index (χ0n) is 32.1. The molecular formula is C43H85NO3. The fourth-order valence-electron chi connectivity index (χ4n) is 6.71. The molecule has 2 unspecified atom stereocenters. The van der Waals surface area contributed by atoms with Crippen molar-refractivity contribution in [2.24, 2.45) is 0 Å². The van der Waals surface area contributed by atoms with Crippen molar-refractivity contribution in [3.8, 4) is 0 Å². The van der Waals surface area contributed by atoms with E-state index in [2.05, 4.69) is 19.2 Å². The molecule has 4 heteroatoms. The van der Waals surface area contributed by atoms with Crippen LogP contribution in [0.1, 0.15) is 239 Å². The van der Waals surface area contributed by atoms with Gasteiger partial charge in [-0.15, -0.1) is 0 Å². The van der Waals surface area contributed by atoms with Gasteiger partial charge in [-0.2, -0.15) is 0 Å². The summed E-state index contributed by atoms with van der Waals surface area (Å²) in [6, 6.07) is -0.614. The Morgan fingerprint density at radius 2 is 0.787 bits per heavy atom. The van der Waals surface area contributed by atoms with E-state index in [4.69, 9.17) is 0 Å². The molecule has 47 heavy (non-hydrogen) atoms. The summed E-state index contributed by atoms with van der Waals surface area (Å²) in [6.45, 7) is 4.30. The number of allylic oxidation sites excluding steroid dienone is 1. The number of aliphatic hydroxyl groups excluding tert-OH is 2. The summed E-state index contributed by atoms with van der Waals surface area (Å²) in [5.41, 5.74) is 0. The summed E-state index contributed by atoms with van der Waals surface area (Å²) in [7, 11) is 0. The van der Waals surface area contributed by atoms with Crippen molar-refractivity contribution in [2.75, 3.05) is 6.61 Å². The molecule has 0 aromatic heterocycles. The summed E-state index contributed by atoms with van der Waals surface area (Å²) >= 11 is 0. The molecule has 0 saturated carbocycles. The minimum Gasteiger partial charge on any atom is -0.394 e. The normalized spacial score (nSPS) is 13.0. The fourth-order valence-corrected chi connectivity index (χ4v) is 6.71. The van der Waals surface area contributed by atoms with Crippen molar-refractivity contribution in [1.82, 2.24) is 5.32 Å². The molecule has 4 nitrogen and oxygen atoms in total. The van der Waals surface area contributed by atoms with E-state index >= 15 is 0 Å². The molecule has 0 heterocycles. The highest BCUT2D eigenvalue weighted by Crippen LogP contribution is 2.16. The van der Waals surface area contributed by atoms with Crippen LogP contribution in [0.25, 0.3) is 0 Å². The van der Waals surface area contributed by atoms with Crippen LogP contribution in [0, 0.1) is 0 Å². The van der Waals surface area contributed by atoms with Crippen molar-refractivity contribution in [2.45, 2.75) is 251 Å². The molecule has 0 aromatic carbocycles. The topological polar surface area (TPSA) is 69.6 Å². The van der Waals surface area contributed by atoms with E-state index in [1.807, 2.05) is 6.08 Å². The Bertz CT molecular complexity index is 637. The van der Waals surface area contributed by atoms with Crippen molar-refractivity contribution in [1.29, 1.82) is 0 Å². The summed E-state index contributed by atoms with van der Waals surface area (Å²) in [6.07, 6.45) is 49.0. The monoisotopic (exact) mass is 664 g/mol. The molecule has 3 N–H and O–H groups in total. The van der Waals surface area contributed by atoms with E-state index in [1.165, 1.54) is 193 Å². The Morgan fingerprint density at radius 1 is 0.489 bits per heavy atom. The highest BCUT2D eigenvalue weighted by molar-refractivity contribution is 5.76. The number of amides is 1. The molecule has 1 amide bonds. The van der Waals surface area contributed by atoms with E-state index in [0.717, 1.165) is 25.7 Å². The number of aliphatic hydroxyl groups is 2. The van der Waals surface area contributed by atoms with Crippen LogP contribution in [0.5, 0.6) is 0 Å². The predicted octanol–water partition coefficient (Wildman–Crippen LogP) is 13.1. The first-order valence-corrected chi connectivity index (χ1v) is 21.4. The number of carbonyl (C=O) groups excluding carboxylic acids is 1. The SMILES string of the molecule is CCCCCCCCCC/C=C/C(O)C(CO)NC(=O)CCCCCCCCCCCCCCCCCCCCCCCCCCC. The van der Waals surface area contributed by atoms with E-state index < -0.39 is 12.1 Å². The Hall–Kier alpha value is -0.870. The van der Waals surface area contributed by atoms with Crippen LogP contribution in [-0.2, 0) is 4.79 Å². The lowest BCUT2D eigenvalue weighted by molar-refractivity contribution is -0.123. The molecule has 0 aliphatic heterocycles. The van der Waals surface area contributed by atoms with Crippen molar-refractivity contribution >= 4 is 5.91 Å². The summed E-state index contributed by atoms with van der Waals surface area (Å²) in [4.78, 5) is 12.3. The number of nitrogens with one attached hydrogen (secondary N) is 1. The summed E-state index contributed by atoms with van der Waals surface area (Å²) in [5, 5.41) is 22.9. The molecule has 2 atom stereocenters. The van der Waals surface area contributed by atoms with Crippen LogP contribution in [0.3, 0.4) is 0 Å². The number of carbonyl (C=O) groups is 1. The summed E-state index contributed by atoms with van der Waals surface area (Å²) < 4.78 is 0. The molecule has 0 aliphatic carbocycles. The van der Waals surface area contributed by atoms with Crippen LogP contribution < -0.4 is 5.32 Å². The number of hydrogen-bond donors (Lipinski definition) is 3. The van der Waals surface area contributed by atoms with Crippen LogP contribution in [0.4, 0.5) is 0 Å². The first-order valence-electron chi connectivity index (χ1n) is 21.4. The maximum Gasteiger partial charge on any atom is 0.220 e. The van der Waals surface area contributed by atoms with Gasteiger partial charge >= 0.3 is 0 Å². The Kier molecular flexibility index (Phi) is 38.8. The molecule has 0 bridgehead atoms. The first kappa shape index (κ1) is 46.1. The van der Waals surface area contributed by atoms with E-state index in [0.29, 0.717) is 6.42 Å². The highest BCUT2D eigenvalue weighted by Gasteiger charge is 2.17. The fraction of sp³-hybridized carbons (Fsp3) is 0.930. The molecule has 0 saturated heterocycles. The summed E-state index contributed by atoms with van der Waals surface area (Å²) in [5.74, 6) is -0.0614. The van der Waals surface area contributed by atoms with E-state index in [-0.39, 0.29) is 12.5 Å². The second-order valence-corrected chi connectivity index (χ2v) is 14.8. The van der Waals surface area contributed by atoms with Crippen molar-refractivity contribution in [3.63, 3.8) is 0 Å². The van der Waals surface area contributed by atoms with Gasteiger partial charge in [-0.3, -0.25) is 4.79 Å². The zero-order chi connectivity index (χ0) is 34.3. The standard InChI is InChI=1S/C43H85NO3/c1-3-5-7-9-11-13-15-16-17-18-19-20-21-22-23-24-25-26-27-28-29-31-33-35-37-39-43(47)44-41(40-45)42(46)38-36-34-32-30-14-12-10-8-6-4-2/h36,38,41-42,45-46H,3-35,37,39-40H2,1-2H3,(H,44,47)/b38-36+. The largest absolute Gasteiger partial charge is 0.394 e. The highest BCUT2D eigenvalue weighted by atomic mass is 16.3. The van der Waals surface area contributed by atoms with Gasteiger partial charge in [0.1, 0.15) is 0 Å². The lowest BCUT2D eigenvalue weighted by Gasteiger charge is -2.20. The number of unbranched alkanes of at least 4 members (excludes halogenated alkanes) is 32. The minimum atomic E-state index is -0.831. The third kappa shape index (κ3) is 36.2. The van der Waals surface area contributed by atoms with Crippen LogP contribution in [0.15, 0.2) is 12.2 Å². The zero-order valence-corrected chi connectivity index (χ0v) is 32.1. The van der Waals surface area contributed by atoms with Crippen LogP contribution in [-0.4, -0.2) is 34.9 Å². The molecule has 0 aliphatic rings. The van der Waals surface area contributed by atoms with Crippen molar-refractivity contribution < 1.29 is 15.0 Å². The van der Waals surface area contributed by atoms with Gasteiger partial charge in [0.15, 0.2) is 0 Å². The van der Waals surface area contributed by atoms with E-state index in [1.54, 1.807) is 6.08 Å². The quantitative estimate of drug-likeness (QED) is 0.0453. The Morgan fingerprint density at radius 3 is 1.11 bits per heavy atom. The lowest BCUT2D eigenvalue weighted by Crippen LogP contribution is -2.45. The lowest BCUT2D eigenvalue weighted by atomic mass is 10.0. The molecule has 0 aromatic rings. The maximum absolute atomic E-state index is 12.3. The molecule has 0 spiro atoms. The van der Waals surface area contributed by atoms with Crippen LogP contribution >= 0.6 is 0 Å². The average molecular weight is 664 g/mol. The smallest absolute Gasteiger partial charge is 0.220 e. The first-order chi connectivity index (χ1) is 23.2. The van der Waals surface area contributed by atoms with Gasteiger partial charge in [-0.25, -0.2) is 0 Å². The van der Waals surface area contributed by atoms with Gasteiger partial charge in [0.2, 0.25) is 5.91 Å². The number of hydrogen-bond acceptors (Lipinski definition) is 3. The van der Waals surface area contributed by atoms with Gasteiger partial charge in [0.25, 0.3) is 0 Å². The average Bonchev–Trinajstić information content (AvgIpc) is 3.07. The second-order valence-electron chi connectivity index (χ2n) is 14.8. The van der Waals surface area contributed by atoms with Gasteiger partial charge in [0.05, 0.1) is 18.8 Å². The third-order valence-electron chi connectivity index (χ3n) is 10.0. The van der Waals surface area contributed by atoms with Gasteiger partial charge in [-0.1, -0.05) is 225 Å². The third-order valence-corrected chi connectivity index (χ3v) is 10.0. The minimum absolute atomic E-state index is 0.0614. The van der Waals surface area contributed by atoms with Gasteiger partial charge in [-0.05, 0) is 19.3 Å². The molecule has 280 valence electrons. The van der Waals surface area contributed by atoms with Crippen molar-refractivity contribution in [3.05, 3.63) is 12.2 Å². The van der Waals surface area contributed by atoms with Crippen LogP contribution in [0.2, 0.25) is 0 Å². The second kappa shape index (κ2) is 39.6. The predicted molar refractivity (Wildman–Crippen MR) is 207 cm³/mol. The molecule has 0 radical (unpaired) electrons. The number of rotatable bonds is 39. The Labute approximate surface area is 295 Å². The Balaban J connectivity index is 3.44. The molecule has 0 fully saturated rings. The van der Waals surface area contributed by atoms with Gasteiger partial charge in [0, 0.05) is 6.42 Å².